The number of aromatic nitrogens is 3. The van der Waals surface area contributed by atoms with E-state index in [1.807, 2.05) is 19.6 Å². The minimum Gasteiger partial charge on any atom is -0.388 e. The first kappa shape index (κ1) is 14.1. The third-order valence-electron chi connectivity index (χ3n) is 4.25. The fraction of sp³-hybridized carbons (Fsp3) is 0.500. The highest BCUT2D eigenvalue weighted by Crippen LogP contribution is 2.28. The second kappa shape index (κ2) is 5.85. The fourth-order valence-electron chi connectivity index (χ4n) is 3.03. The van der Waals surface area contributed by atoms with Gasteiger partial charge < -0.3 is 9.88 Å². The summed E-state index contributed by atoms with van der Waals surface area (Å²) in [6.45, 7) is 5.23. The highest BCUT2D eigenvalue weighted by molar-refractivity contribution is 5.45. The van der Waals surface area contributed by atoms with Gasteiger partial charge in [0.25, 0.3) is 0 Å². The number of hydrogen-bond acceptors (Lipinski definition) is 4. The van der Waals surface area contributed by atoms with Crippen molar-refractivity contribution in [1.82, 2.24) is 19.4 Å². The van der Waals surface area contributed by atoms with E-state index in [-0.39, 0.29) is 0 Å². The Hall–Kier alpha value is -1.88. The molecule has 112 valence electrons. The van der Waals surface area contributed by atoms with Crippen molar-refractivity contribution in [3.05, 3.63) is 41.7 Å². The van der Waals surface area contributed by atoms with Crippen LogP contribution < -0.4 is 5.32 Å². The van der Waals surface area contributed by atoms with E-state index in [2.05, 4.69) is 45.9 Å². The number of nitrogens with zero attached hydrogens (tertiary/aromatic N) is 4. The summed E-state index contributed by atoms with van der Waals surface area (Å²) in [5, 5.41) is 3.22. The molecule has 2 aromatic heterocycles. The third kappa shape index (κ3) is 3.08. The molecule has 3 rings (SSSR count). The molecule has 2 aromatic rings. The first-order valence-electron chi connectivity index (χ1n) is 7.49. The SMILES string of the molecule is CNc1cc(C)nc([C@@H]2CCN(Cc3cncn3C)C2)c1. The Morgan fingerprint density at radius 1 is 1.38 bits per heavy atom. The van der Waals surface area contributed by atoms with Crippen molar-refractivity contribution in [1.29, 1.82) is 0 Å². The summed E-state index contributed by atoms with van der Waals surface area (Å²) < 4.78 is 2.09. The Kier molecular flexibility index (Phi) is 3.92. The zero-order valence-corrected chi connectivity index (χ0v) is 13.0. The maximum atomic E-state index is 4.73. The van der Waals surface area contributed by atoms with E-state index in [0.29, 0.717) is 5.92 Å². The quantitative estimate of drug-likeness (QED) is 0.935. The third-order valence-corrected chi connectivity index (χ3v) is 4.25. The van der Waals surface area contributed by atoms with Gasteiger partial charge in [-0.2, -0.15) is 0 Å². The molecule has 21 heavy (non-hydrogen) atoms. The van der Waals surface area contributed by atoms with E-state index in [4.69, 9.17) is 4.98 Å². The highest BCUT2D eigenvalue weighted by atomic mass is 15.2. The molecule has 1 aliphatic heterocycles. The molecule has 0 aromatic carbocycles. The summed E-state index contributed by atoms with van der Waals surface area (Å²) in [5.41, 5.74) is 4.72. The van der Waals surface area contributed by atoms with Gasteiger partial charge in [-0.3, -0.25) is 9.88 Å². The van der Waals surface area contributed by atoms with Gasteiger partial charge in [0.1, 0.15) is 0 Å². The number of pyridine rings is 1. The average molecular weight is 285 g/mol. The average Bonchev–Trinajstić information content (AvgIpc) is 3.09. The van der Waals surface area contributed by atoms with Crippen LogP contribution in [0.3, 0.4) is 0 Å². The van der Waals surface area contributed by atoms with Gasteiger partial charge in [0, 0.05) is 56.4 Å². The van der Waals surface area contributed by atoms with Crippen LogP contribution >= 0.6 is 0 Å². The first-order chi connectivity index (χ1) is 10.2. The zero-order chi connectivity index (χ0) is 14.8. The fourth-order valence-corrected chi connectivity index (χ4v) is 3.03. The number of likely N-dealkylation sites (tertiary alicyclic amines) is 1. The van der Waals surface area contributed by atoms with Gasteiger partial charge in [-0.1, -0.05) is 0 Å². The van der Waals surface area contributed by atoms with Gasteiger partial charge in [-0.05, 0) is 32.0 Å². The molecule has 0 unspecified atom stereocenters. The number of rotatable bonds is 4. The first-order valence-corrected chi connectivity index (χ1v) is 7.49. The molecule has 1 atom stereocenters. The molecule has 0 spiro atoms. The highest BCUT2D eigenvalue weighted by Gasteiger charge is 2.25. The van der Waals surface area contributed by atoms with E-state index in [9.17, 15) is 0 Å². The van der Waals surface area contributed by atoms with Crippen LogP contribution in [0.5, 0.6) is 0 Å². The summed E-state index contributed by atoms with van der Waals surface area (Å²) in [6, 6.07) is 4.27. The molecule has 0 amide bonds. The van der Waals surface area contributed by atoms with Crippen LogP contribution in [0.25, 0.3) is 0 Å². The van der Waals surface area contributed by atoms with Gasteiger partial charge in [0.15, 0.2) is 0 Å². The maximum absolute atomic E-state index is 4.73. The van der Waals surface area contributed by atoms with E-state index < -0.39 is 0 Å². The molecule has 0 radical (unpaired) electrons. The van der Waals surface area contributed by atoms with E-state index >= 15 is 0 Å². The number of imidazole rings is 1. The molecule has 0 aliphatic carbocycles. The van der Waals surface area contributed by atoms with Crippen molar-refractivity contribution in [2.24, 2.45) is 7.05 Å². The Morgan fingerprint density at radius 3 is 2.95 bits per heavy atom. The van der Waals surface area contributed by atoms with Gasteiger partial charge in [0.05, 0.1) is 12.0 Å². The number of hydrogen-bond donors (Lipinski definition) is 1. The smallest absolute Gasteiger partial charge is 0.0945 e. The minimum absolute atomic E-state index is 0.533. The van der Waals surface area contributed by atoms with Crippen molar-refractivity contribution in [2.45, 2.75) is 25.8 Å². The molecular weight excluding hydrogens is 262 g/mol. The number of anilines is 1. The number of aryl methyl sites for hydroxylation is 2. The normalized spacial score (nSPS) is 19.1. The predicted molar refractivity (Wildman–Crippen MR) is 84.4 cm³/mol. The van der Waals surface area contributed by atoms with Crippen LogP contribution in [0.4, 0.5) is 5.69 Å². The second-order valence-corrected chi connectivity index (χ2v) is 5.89. The van der Waals surface area contributed by atoms with Crippen LogP contribution in [0.2, 0.25) is 0 Å². The topological polar surface area (TPSA) is 46.0 Å². The van der Waals surface area contributed by atoms with E-state index in [1.54, 1.807) is 0 Å². The van der Waals surface area contributed by atoms with E-state index in [0.717, 1.165) is 31.0 Å². The lowest BCUT2D eigenvalue weighted by Gasteiger charge is -2.16. The van der Waals surface area contributed by atoms with E-state index in [1.165, 1.54) is 17.8 Å². The van der Waals surface area contributed by atoms with Gasteiger partial charge >= 0.3 is 0 Å². The molecule has 1 aliphatic rings. The van der Waals surface area contributed by atoms with Crippen molar-refractivity contribution in [3.63, 3.8) is 0 Å². The molecular formula is C16H23N5. The molecule has 1 fully saturated rings. The lowest BCUT2D eigenvalue weighted by Crippen LogP contribution is -2.21. The Bertz CT molecular complexity index is 619. The molecule has 5 nitrogen and oxygen atoms in total. The predicted octanol–water partition coefficient (Wildman–Crippen LogP) is 2.15. The molecule has 0 saturated carbocycles. The largest absolute Gasteiger partial charge is 0.388 e. The van der Waals surface area contributed by atoms with Crippen LogP contribution in [-0.2, 0) is 13.6 Å². The summed E-state index contributed by atoms with van der Waals surface area (Å²) >= 11 is 0. The van der Waals surface area contributed by atoms with Crippen LogP contribution in [0.15, 0.2) is 24.7 Å². The maximum Gasteiger partial charge on any atom is 0.0945 e. The molecule has 1 N–H and O–H groups in total. The van der Waals surface area contributed by atoms with Crippen molar-refractivity contribution in [3.8, 4) is 0 Å². The lowest BCUT2D eigenvalue weighted by atomic mass is 10.0. The van der Waals surface area contributed by atoms with Crippen molar-refractivity contribution >= 4 is 5.69 Å². The molecule has 0 bridgehead atoms. The van der Waals surface area contributed by atoms with Gasteiger partial charge in [0.2, 0.25) is 0 Å². The summed E-state index contributed by atoms with van der Waals surface area (Å²) in [4.78, 5) is 11.4. The monoisotopic (exact) mass is 285 g/mol. The van der Waals surface area contributed by atoms with Gasteiger partial charge in [-0.15, -0.1) is 0 Å². The Labute approximate surface area is 126 Å². The van der Waals surface area contributed by atoms with Crippen molar-refractivity contribution in [2.75, 3.05) is 25.5 Å². The zero-order valence-electron chi connectivity index (χ0n) is 13.0. The second-order valence-electron chi connectivity index (χ2n) is 5.89. The summed E-state index contributed by atoms with van der Waals surface area (Å²) in [7, 11) is 4.01. The Morgan fingerprint density at radius 2 is 2.24 bits per heavy atom. The molecule has 5 heteroatoms. The minimum atomic E-state index is 0.533. The summed E-state index contributed by atoms with van der Waals surface area (Å²) in [5.74, 6) is 0.533. The lowest BCUT2D eigenvalue weighted by molar-refractivity contribution is 0.318. The number of nitrogens with one attached hydrogen (secondary N) is 1. The van der Waals surface area contributed by atoms with Gasteiger partial charge in [-0.25, -0.2) is 4.98 Å². The Balaban J connectivity index is 1.69. The summed E-state index contributed by atoms with van der Waals surface area (Å²) in [6.07, 6.45) is 5.00. The molecule has 1 saturated heterocycles. The van der Waals surface area contributed by atoms with Crippen LogP contribution in [-0.4, -0.2) is 39.6 Å². The van der Waals surface area contributed by atoms with Crippen molar-refractivity contribution < 1.29 is 0 Å². The standard InChI is InChI=1S/C16H23N5/c1-12-6-14(17-2)7-16(19-12)13-4-5-21(9-13)10-15-8-18-11-20(15)3/h6-8,11,13H,4-5,9-10H2,1-3H3,(H,17,19)/t13-/m1/s1. The molecule has 3 heterocycles. The van der Waals surface area contributed by atoms with Crippen LogP contribution in [0, 0.1) is 6.92 Å². The van der Waals surface area contributed by atoms with Crippen LogP contribution in [0.1, 0.15) is 29.4 Å².